The number of nitrogens with zero attached hydrogens (tertiary/aromatic N) is 3. The standard InChI is InChI=1S/C13H21N5O2/c1-7(2)11-15-12(17-16-11)13(20)18-6-9(10(14)19)5-4-8(18)3/h7-9H,4-6H2,1-3H3,(H2,14,19)(H,15,16,17). The van der Waals surface area contributed by atoms with Gasteiger partial charge in [-0.05, 0) is 19.8 Å². The van der Waals surface area contributed by atoms with Gasteiger partial charge in [0.25, 0.3) is 5.91 Å². The van der Waals surface area contributed by atoms with Gasteiger partial charge in [0.15, 0.2) is 0 Å². The Bertz CT molecular complexity index is 511. The number of likely N-dealkylation sites (tertiary alicyclic amines) is 1. The largest absolute Gasteiger partial charge is 0.369 e. The maximum Gasteiger partial charge on any atom is 0.293 e. The number of H-pyrrole nitrogens is 1. The predicted octanol–water partition coefficient (Wildman–Crippen LogP) is 0.654. The van der Waals surface area contributed by atoms with Crippen molar-refractivity contribution in [2.75, 3.05) is 6.54 Å². The molecule has 0 saturated carbocycles. The Balaban J connectivity index is 2.15. The molecule has 1 aromatic rings. The monoisotopic (exact) mass is 279 g/mol. The predicted molar refractivity (Wildman–Crippen MR) is 72.9 cm³/mol. The van der Waals surface area contributed by atoms with Gasteiger partial charge < -0.3 is 10.6 Å². The first kappa shape index (κ1) is 14.5. The lowest BCUT2D eigenvalue weighted by molar-refractivity contribution is -0.123. The lowest BCUT2D eigenvalue weighted by Crippen LogP contribution is -2.48. The summed E-state index contributed by atoms with van der Waals surface area (Å²) < 4.78 is 0. The lowest BCUT2D eigenvalue weighted by atomic mass is 9.93. The van der Waals surface area contributed by atoms with Crippen molar-refractivity contribution < 1.29 is 9.59 Å². The molecule has 7 nitrogen and oxygen atoms in total. The van der Waals surface area contributed by atoms with Crippen LogP contribution in [-0.4, -0.2) is 44.5 Å². The van der Waals surface area contributed by atoms with Gasteiger partial charge in [-0.2, -0.15) is 0 Å². The molecule has 0 bridgehead atoms. The van der Waals surface area contributed by atoms with E-state index in [2.05, 4.69) is 15.2 Å². The second-order valence-corrected chi connectivity index (χ2v) is 5.68. The minimum absolute atomic E-state index is 0.0686. The molecule has 0 aliphatic carbocycles. The van der Waals surface area contributed by atoms with E-state index in [0.717, 1.165) is 12.8 Å². The van der Waals surface area contributed by atoms with E-state index in [1.807, 2.05) is 20.8 Å². The van der Waals surface area contributed by atoms with Crippen molar-refractivity contribution in [3.63, 3.8) is 0 Å². The molecule has 1 aromatic heterocycles. The van der Waals surface area contributed by atoms with Crippen LogP contribution in [0.4, 0.5) is 0 Å². The number of primary amides is 1. The molecule has 0 radical (unpaired) electrons. The molecule has 0 spiro atoms. The number of hydrogen-bond acceptors (Lipinski definition) is 4. The fourth-order valence-electron chi connectivity index (χ4n) is 2.38. The molecular weight excluding hydrogens is 258 g/mol. The van der Waals surface area contributed by atoms with E-state index in [9.17, 15) is 9.59 Å². The second kappa shape index (κ2) is 5.60. The quantitative estimate of drug-likeness (QED) is 0.847. The zero-order valence-electron chi connectivity index (χ0n) is 12.1. The van der Waals surface area contributed by atoms with Crippen LogP contribution in [0.25, 0.3) is 0 Å². The van der Waals surface area contributed by atoms with E-state index in [-0.39, 0.29) is 35.5 Å². The molecule has 1 aliphatic heterocycles. The van der Waals surface area contributed by atoms with Crippen LogP contribution in [-0.2, 0) is 4.79 Å². The summed E-state index contributed by atoms with van der Waals surface area (Å²) in [4.78, 5) is 29.6. The smallest absolute Gasteiger partial charge is 0.293 e. The summed E-state index contributed by atoms with van der Waals surface area (Å²) in [5.41, 5.74) is 5.34. The Morgan fingerprint density at radius 3 is 2.65 bits per heavy atom. The topological polar surface area (TPSA) is 105 Å². The zero-order valence-corrected chi connectivity index (χ0v) is 12.1. The Labute approximate surface area is 117 Å². The molecule has 1 saturated heterocycles. The van der Waals surface area contributed by atoms with Crippen molar-refractivity contribution in [1.29, 1.82) is 0 Å². The average Bonchev–Trinajstić information content (AvgIpc) is 2.88. The van der Waals surface area contributed by atoms with E-state index in [4.69, 9.17) is 5.73 Å². The fourth-order valence-corrected chi connectivity index (χ4v) is 2.38. The molecule has 110 valence electrons. The summed E-state index contributed by atoms with van der Waals surface area (Å²) in [6.07, 6.45) is 1.49. The van der Waals surface area contributed by atoms with Crippen molar-refractivity contribution in [2.24, 2.45) is 11.7 Å². The average molecular weight is 279 g/mol. The summed E-state index contributed by atoms with van der Waals surface area (Å²) >= 11 is 0. The van der Waals surface area contributed by atoms with Crippen molar-refractivity contribution in [1.82, 2.24) is 20.1 Å². The van der Waals surface area contributed by atoms with Crippen LogP contribution in [0.3, 0.4) is 0 Å². The maximum absolute atomic E-state index is 12.4. The van der Waals surface area contributed by atoms with Crippen LogP contribution < -0.4 is 5.73 Å². The van der Waals surface area contributed by atoms with E-state index in [1.165, 1.54) is 0 Å². The van der Waals surface area contributed by atoms with Crippen molar-refractivity contribution >= 4 is 11.8 Å². The Morgan fingerprint density at radius 1 is 1.40 bits per heavy atom. The van der Waals surface area contributed by atoms with E-state index < -0.39 is 0 Å². The van der Waals surface area contributed by atoms with Crippen LogP contribution >= 0.6 is 0 Å². The highest BCUT2D eigenvalue weighted by Crippen LogP contribution is 2.23. The van der Waals surface area contributed by atoms with Gasteiger partial charge in [-0.25, -0.2) is 4.98 Å². The van der Waals surface area contributed by atoms with Gasteiger partial charge in [0.1, 0.15) is 5.82 Å². The molecular formula is C13H21N5O2. The number of nitrogens with two attached hydrogens (primary N) is 1. The molecule has 2 atom stereocenters. The summed E-state index contributed by atoms with van der Waals surface area (Å²) in [5, 5.41) is 6.75. The van der Waals surface area contributed by atoms with E-state index in [0.29, 0.717) is 12.4 Å². The number of carbonyl (C=O) groups is 2. The van der Waals surface area contributed by atoms with Gasteiger partial charge >= 0.3 is 0 Å². The highest BCUT2D eigenvalue weighted by molar-refractivity contribution is 5.91. The number of aromatic amines is 1. The van der Waals surface area contributed by atoms with Crippen molar-refractivity contribution in [3.05, 3.63) is 11.6 Å². The molecule has 2 heterocycles. The number of rotatable bonds is 3. The molecule has 0 aromatic carbocycles. The summed E-state index contributed by atoms with van der Waals surface area (Å²) in [5.74, 6) is 0.147. The van der Waals surface area contributed by atoms with E-state index in [1.54, 1.807) is 4.90 Å². The Morgan fingerprint density at radius 2 is 2.10 bits per heavy atom. The number of hydrogen-bond donors (Lipinski definition) is 2. The number of amides is 2. The van der Waals surface area contributed by atoms with Crippen molar-refractivity contribution in [3.8, 4) is 0 Å². The van der Waals surface area contributed by atoms with Crippen LogP contribution in [0.2, 0.25) is 0 Å². The second-order valence-electron chi connectivity index (χ2n) is 5.68. The molecule has 2 rings (SSSR count). The van der Waals surface area contributed by atoms with Gasteiger partial charge in [-0.3, -0.25) is 14.7 Å². The SMILES string of the molecule is CC(C)c1nc(C(=O)N2CC(C(N)=O)CCC2C)n[nH]1. The van der Waals surface area contributed by atoms with Gasteiger partial charge in [-0.15, -0.1) is 5.10 Å². The molecule has 7 heteroatoms. The fraction of sp³-hybridized carbons (Fsp3) is 0.692. The molecule has 3 N–H and O–H groups in total. The Hall–Kier alpha value is -1.92. The number of carbonyl (C=O) groups excluding carboxylic acids is 2. The normalized spacial score (nSPS) is 23.1. The molecule has 1 fully saturated rings. The first-order valence-electron chi connectivity index (χ1n) is 6.92. The third-order valence-corrected chi connectivity index (χ3v) is 3.79. The Kier molecular flexibility index (Phi) is 4.06. The first-order valence-corrected chi connectivity index (χ1v) is 6.92. The summed E-state index contributed by atoms with van der Waals surface area (Å²) in [6, 6.07) is 0.0686. The highest BCUT2D eigenvalue weighted by atomic mass is 16.2. The van der Waals surface area contributed by atoms with Gasteiger partial charge in [0, 0.05) is 18.5 Å². The van der Waals surface area contributed by atoms with Crippen LogP contribution in [0, 0.1) is 5.92 Å². The third-order valence-electron chi connectivity index (χ3n) is 3.79. The number of piperidine rings is 1. The molecule has 2 amide bonds. The maximum atomic E-state index is 12.4. The summed E-state index contributed by atoms with van der Waals surface area (Å²) in [7, 11) is 0. The first-order chi connectivity index (χ1) is 9.40. The van der Waals surface area contributed by atoms with Gasteiger partial charge in [-0.1, -0.05) is 13.8 Å². The number of aromatic nitrogens is 3. The van der Waals surface area contributed by atoms with Crippen LogP contribution in [0.1, 0.15) is 56.0 Å². The molecule has 2 unspecified atom stereocenters. The van der Waals surface area contributed by atoms with Crippen LogP contribution in [0.5, 0.6) is 0 Å². The van der Waals surface area contributed by atoms with Crippen molar-refractivity contribution in [2.45, 2.75) is 45.6 Å². The van der Waals surface area contributed by atoms with Gasteiger partial charge in [0.2, 0.25) is 11.7 Å². The number of nitrogens with one attached hydrogen (secondary N) is 1. The summed E-state index contributed by atoms with van der Waals surface area (Å²) in [6.45, 7) is 6.26. The third kappa shape index (κ3) is 2.81. The molecule has 1 aliphatic rings. The van der Waals surface area contributed by atoms with Crippen LogP contribution in [0.15, 0.2) is 0 Å². The lowest BCUT2D eigenvalue weighted by Gasteiger charge is -2.36. The minimum Gasteiger partial charge on any atom is -0.369 e. The molecule has 20 heavy (non-hydrogen) atoms. The van der Waals surface area contributed by atoms with E-state index >= 15 is 0 Å². The van der Waals surface area contributed by atoms with Gasteiger partial charge in [0.05, 0.1) is 5.92 Å². The minimum atomic E-state index is -0.354. The zero-order chi connectivity index (χ0) is 14.9. The highest BCUT2D eigenvalue weighted by Gasteiger charge is 2.33.